The zero-order valence-corrected chi connectivity index (χ0v) is 9.09. The molecule has 0 saturated carbocycles. The molecule has 82 valence electrons. The largest absolute Gasteiger partial charge is 0.356 e. The molecule has 0 unspecified atom stereocenters. The van der Waals surface area contributed by atoms with E-state index in [0.717, 1.165) is 22.1 Å². The zero-order chi connectivity index (χ0) is 11.4. The minimum Gasteiger partial charge on any atom is -0.356 e. The van der Waals surface area contributed by atoms with E-state index in [1.807, 2.05) is 54.6 Å². The van der Waals surface area contributed by atoms with E-state index in [4.69, 9.17) is 0 Å². The first-order valence-corrected chi connectivity index (χ1v) is 5.10. The van der Waals surface area contributed by atoms with Crippen LogP contribution in [0.2, 0.25) is 0 Å². The Kier molecular flexibility index (Phi) is 3.08. The van der Waals surface area contributed by atoms with Crippen molar-refractivity contribution in [2.45, 2.75) is 0 Å². The van der Waals surface area contributed by atoms with Gasteiger partial charge in [-0.2, -0.15) is 0 Å². The molecule has 3 heteroatoms. The van der Waals surface area contributed by atoms with Crippen LogP contribution in [0, 0.1) is 0 Å². The van der Waals surface area contributed by atoms with Crippen LogP contribution in [0.5, 0.6) is 0 Å². The number of hydrogen-bond donors (Lipinski definition) is 2. The first kappa shape index (κ1) is 10.5. The number of benzene rings is 2. The number of para-hydroxylation sites is 1. The molecular weight excluding hydrogens is 200 g/mol. The molecule has 0 saturated heterocycles. The van der Waals surface area contributed by atoms with Gasteiger partial charge in [-0.25, -0.2) is 0 Å². The summed E-state index contributed by atoms with van der Waals surface area (Å²) in [4.78, 5) is 0. The predicted octanol–water partition coefficient (Wildman–Crippen LogP) is 3.26. The summed E-state index contributed by atoms with van der Waals surface area (Å²) in [6.45, 7) is 0. The van der Waals surface area contributed by atoms with Crippen LogP contribution in [0.4, 0.5) is 17.1 Å². The van der Waals surface area contributed by atoms with Crippen LogP contribution in [0.3, 0.4) is 0 Å². The molecule has 0 spiro atoms. The zero-order valence-electron chi connectivity index (χ0n) is 9.09. The molecule has 0 fully saturated rings. The predicted molar refractivity (Wildman–Crippen MR) is 66.4 cm³/mol. The van der Waals surface area contributed by atoms with Gasteiger partial charge in [-0.05, 0) is 36.4 Å². The first-order valence-electron chi connectivity index (χ1n) is 5.10. The van der Waals surface area contributed by atoms with E-state index in [9.17, 15) is 5.21 Å². The van der Waals surface area contributed by atoms with Crippen molar-refractivity contribution in [2.24, 2.45) is 0 Å². The summed E-state index contributed by atoms with van der Waals surface area (Å²) < 4.78 is 0. The quantitative estimate of drug-likeness (QED) is 0.770. The van der Waals surface area contributed by atoms with Crippen molar-refractivity contribution in [1.29, 1.82) is 0 Å². The van der Waals surface area contributed by atoms with Crippen LogP contribution in [-0.4, -0.2) is 12.3 Å². The number of anilines is 3. The van der Waals surface area contributed by atoms with Gasteiger partial charge in [0.1, 0.15) is 0 Å². The third-order valence-corrected chi connectivity index (χ3v) is 2.30. The van der Waals surface area contributed by atoms with Gasteiger partial charge in [-0.1, -0.05) is 18.2 Å². The van der Waals surface area contributed by atoms with Gasteiger partial charge < -0.3 is 5.32 Å². The van der Waals surface area contributed by atoms with E-state index in [1.165, 1.54) is 0 Å². The second kappa shape index (κ2) is 4.68. The summed E-state index contributed by atoms with van der Waals surface area (Å²) in [6, 6.07) is 17.5. The molecule has 3 nitrogen and oxygen atoms in total. The Bertz CT molecular complexity index is 437. The molecule has 2 aromatic rings. The molecule has 0 aliphatic heterocycles. The van der Waals surface area contributed by atoms with E-state index in [0.29, 0.717) is 0 Å². The molecular formula is C13H14N2O. The lowest BCUT2D eigenvalue weighted by Gasteiger charge is -2.11. The van der Waals surface area contributed by atoms with E-state index < -0.39 is 0 Å². The van der Waals surface area contributed by atoms with Crippen molar-refractivity contribution in [3.05, 3.63) is 54.6 Å². The fourth-order valence-electron chi connectivity index (χ4n) is 1.45. The number of nitrogens with zero attached hydrogens (tertiary/aromatic N) is 1. The SMILES string of the molecule is CN(O)c1ccc(Nc2ccccc2)cc1. The minimum atomic E-state index is 0.763. The van der Waals surface area contributed by atoms with Gasteiger partial charge in [0, 0.05) is 18.4 Å². The number of nitrogens with one attached hydrogen (secondary N) is 1. The minimum absolute atomic E-state index is 0.763. The summed E-state index contributed by atoms with van der Waals surface area (Å²) in [6.07, 6.45) is 0. The molecule has 0 aromatic heterocycles. The Hall–Kier alpha value is -2.00. The van der Waals surface area contributed by atoms with Crippen LogP contribution in [0.1, 0.15) is 0 Å². The highest BCUT2D eigenvalue weighted by Crippen LogP contribution is 2.19. The summed E-state index contributed by atoms with van der Waals surface area (Å²) in [5.41, 5.74) is 2.81. The van der Waals surface area contributed by atoms with Crippen molar-refractivity contribution in [3.63, 3.8) is 0 Å². The van der Waals surface area contributed by atoms with Gasteiger partial charge in [0.05, 0.1) is 5.69 Å². The highest BCUT2D eigenvalue weighted by Gasteiger charge is 1.97. The standard InChI is InChI=1S/C13H14N2O/c1-15(16)13-9-7-12(8-10-13)14-11-5-3-2-4-6-11/h2-10,14,16H,1H3. The molecule has 16 heavy (non-hydrogen) atoms. The Balaban J connectivity index is 2.11. The topological polar surface area (TPSA) is 35.5 Å². The first-order chi connectivity index (χ1) is 7.75. The maximum atomic E-state index is 9.22. The van der Waals surface area contributed by atoms with E-state index in [2.05, 4.69) is 5.32 Å². The van der Waals surface area contributed by atoms with Gasteiger partial charge >= 0.3 is 0 Å². The highest BCUT2D eigenvalue weighted by atomic mass is 16.5. The molecule has 2 N–H and O–H groups in total. The fourth-order valence-corrected chi connectivity index (χ4v) is 1.45. The van der Waals surface area contributed by atoms with Crippen LogP contribution < -0.4 is 10.4 Å². The maximum absolute atomic E-state index is 9.22. The molecule has 0 radical (unpaired) electrons. The lowest BCUT2D eigenvalue weighted by atomic mass is 10.2. The van der Waals surface area contributed by atoms with Crippen molar-refractivity contribution in [3.8, 4) is 0 Å². The smallest absolute Gasteiger partial charge is 0.0632 e. The van der Waals surface area contributed by atoms with Crippen molar-refractivity contribution < 1.29 is 5.21 Å². The summed E-state index contributed by atoms with van der Waals surface area (Å²) in [5.74, 6) is 0. The van der Waals surface area contributed by atoms with Crippen LogP contribution >= 0.6 is 0 Å². The van der Waals surface area contributed by atoms with Gasteiger partial charge in [-0.15, -0.1) is 0 Å². The average Bonchev–Trinajstić information content (AvgIpc) is 2.31. The molecule has 0 aliphatic carbocycles. The molecule has 0 bridgehead atoms. The van der Waals surface area contributed by atoms with E-state index >= 15 is 0 Å². The molecule has 2 rings (SSSR count). The Labute approximate surface area is 94.9 Å². The molecule has 2 aromatic carbocycles. The summed E-state index contributed by atoms with van der Waals surface area (Å²) in [7, 11) is 1.60. The highest BCUT2D eigenvalue weighted by molar-refractivity contribution is 5.62. The van der Waals surface area contributed by atoms with Crippen LogP contribution in [0.15, 0.2) is 54.6 Å². The van der Waals surface area contributed by atoms with E-state index in [1.54, 1.807) is 7.05 Å². The van der Waals surface area contributed by atoms with Gasteiger partial charge in [0.2, 0.25) is 0 Å². The molecule has 0 atom stereocenters. The summed E-state index contributed by atoms with van der Waals surface area (Å²) in [5, 5.41) is 13.6. The third kappa shape index (κ3) is 2.52. The van der Waals surface area contributed by atoms with Gasteiger partial charge in [-0.3, -0.25) is 10.3 Å². The second-order valence-electron chi connectivity index (χ2n) is 3.56. The lowest BCUT2D eigenvalue weighted by Crippen LogP contribution is -2.09. The maximum Gasteiger partial charge on any atom is 0.0632 e. The van der Waals surface area contributed by atoms with Gasteiger partial charge in [0.15, 0.2) is 0 Å². The van der Waals surface area contributed by atoms with Crippen LogP contribution in [-0.2, 0) is 0 Å². The fraction of sp³-hybridized carbons (Fsp3) is 0.0769. The summed E-state index contributed by atoms with van der Waals surface area (Å²) >= 11 is 0. The van der Waals surface area contributed by atoms with Crippen molar-refractivity contribution >= 4 is 17.1 Å². The second-order valence-corrected chi connectivity index (χ2v) is 3.56. The molecule has 0 amide bonds. The Morgan fingerprint density at radius 3 is 2.00 bits per heavy atom. The number of hydroxylamine groups is 1. The van der Waals surface area contributed by atoms with Crippen LogP contribution in [0.25, 0.3) is 0 Å². The Morgan fingerprint density at radius 2 is 1.44 bits per heavy atom. The number of rotatable bonds is 3. The monoisotopic (exact) mass is 214 g/mol. The van der Waals surface area contributed by atoms with Crippen molar-refractivity contribution in [1.82, 2.24) is 0 Å². The van der Waals surface area contributed by atoms with E-state index in [-0.39, 0.29) is 0 Å². The van der Waals surface area contributed by atoms with Crippen molar-refractivity contribution in [2.75, 3.05) is 17.4 Å². The average molecular weight is 214 g/mol. The van der Waals surface area contributed by atoms with Gasteiger partial charge in [0.25, 0.3) is 0 Å². The lowest BCUT2D eigenvalue weighted by molar-refractivity contribution is 0.279. The Morgan fingerprint density at radius 1 is 0.875 bits per heavy atom. The third-order valence-electron chi connectivity index (χ3n) is 2.30. The number of hydrogen-bond acceptors (Lipinski definition) is 3. The molecule has 0 heterocycles. The normalized spacial score (nSPS) is 9.88. The molecule has 0 aliphatic rings.